The molecule has 2 N–H and O–H groups in total. The Bertz CT molecular complexity index is 1690. The largest absolute Gasteiger partial charge is 0.506 e. The standard InChI is InChI=1S/C37H40O7/c1-8-21-10-12-22(13-11-21)14-15-24-16-23(9-2)25-17-35(6)18-36(7)28(19(3)4)31(40)26(20(5)38)33(42)37(36,44)34(43)29(35)32(41)27(25)30(24)39/h10-13,16,19,26,28-29,39,44H,8-9,17-18H2,1-7H3/t26?,28?,29?,35-,36-,37+/m1/s1. The third kappa shape index (κ3) is 4.25. The highest BCUT2D eigenvalue weighted by Crippen LogP contribution is 2.64. The first kappa shape index (κ1) is 31.5. The number of ketones is 5. The summed E-state index contributed by atoms with van der Waals surface area (Å²) in [5.41, 5.74) is -1.73. The maximum absolute atomic E-state index is 14.5. The van der Waals surface area contributed by atoms with Gasteiger partial charge in [0.05, 0.1) is 17.0 Å². The molecule has 230 valence electrons. The summed E-state index contributed by atoms with van der Waals surface area (Å²) < 4.78 is 0. The topological polar surface area (TPSA) is 126 Å². The number of fused-ring (bicyclic) bond motifs is 3. The number of phenols is 1. The quantitative estimate of drug-likeness (QED) is 0.390. The Morgan fingerprint density at radius 1 is 1.00 bits per heavy atom. The van der Waals surface area contributed by atoms with Crippen molar-refractivity contribution >= 4 is 28.9 Å². The zero-order valence-electron chi connectivity index (χ0n) is 26.5. The summed E-state index contributed by atoms with van der Waals surface area (Å²) in [4.78, 5) is 68.9. The zero-order chi connectivity index (χ0) is 32.5. The van der Waals surface area contributed by atoms with Crippen molar-refractivity contribution in [3.63, 3.8) is 0 Å². The van der Waals surface area contributed by atoms with E-state index in [0.717, 1.165) is 24.5 Å². The maximum atomic E-state index is 14.5. The van der Waals surface area contributed by atoms with Crippen molar-refractivity contribution in [3.8, 4) is 17.6 Å². The van der Waals surface area contributed by atoms with Crippen molar-refractivity contribution in [1.29, 1.82) is 0 Å². The number of Topliss-reactive ketones (excluding diaryl/α,β-unsaturated/α-hetero) is 5. The summed E-state index contributed by atoms with van der Waals surface area (Å²) in [7, 11) is 0. The van der Waals surface area contributed by atoms with Gasteiger partial charge in [0.1, 0.15) is 17.5 Å². The predicted octanol–water partition coefficient (Wildman–Crippen LogP) is 4.62. The molecule has 7 nitrogen and oxygen atoms in total. The van der Waals surface area contributed by atoms with Crippen LogP contribution in [0.5, 0.6) is 5.75 Å². The highest BCUT2D eigenvalue weighted by atomic mass is 16.3. The van der Waals surface area contributed by atoms with E-state index >= 15 is 0 Å². The second-order valence-corrected chi connectivity index (χ2v) is 13.8. The molecule has 3 aliphatic carbocycles. The third-order valence-electron chi connectivity index (χ3n) is 10.6. The number of rotatable bonds is 4. The van der Waals surface area contributed by atoms with E-state index in [9.17, 15) is 34.2 Å². The van der Waals surface area contributed by atoms with E-state index in [2.05, 4.69) is 18.8 Å². The molecular weight excluding hydrogens is 556 g/mol. The molecule has 2 aromatic carbocycles. The van der Waals surface area contributed by atoms with Gasteiger partial charge in [-0.2, -0.15) is 0 Å². The van der Waals surface area contributed by atoms with Gasteiger partial charge in [0.2, 0.25) is 0 Å². The van der Waals surface area contributed by atoms with Gasteiger partial charge in [-0.1, -0.05) is 65.5 Å². The number of carbonyl (C=O) groups excluding carboxylic acids is 5. The van der Waals surface area contributed by atoms with Crippen LogP contribution in [-0.4, -0.2) is 44.7 Å². The molecule has 6 atom stereocenters. The second kappa shape index (κ2) is 10.6. The molecule has 0 amide bonds. The zero-order valence-corrected chi connectivity index (χ0v) is 26.5. The summed E-state index contributed by atoms with van der Waals surface area (Å²) in [5.74, 6) is -2.99. The van der Waals surface area contributed by atoms with Gasteiger partial charge in [0.15, 0.2) is 28.7 Å². The Morgan fingerprint density at radius 3 is 2.18 bits per heavy atom. The van der Waals surface area contributed by atoms with Crippen LogP contribution in [0.1, 0.15) is 93.1 Å². The van der Waals surface area contributed by atoms with E-state index in [4.69, 9.17) is 0 Å². The van der Waals surface area contributed by atoms with Crippen LogP contribution in [0, 0.1) is 46.3 Å². The number of phenolic OH excluding ortho intramolecular Hbond substituents is 1. The Labute approximate surface area is 258 Å². The minimum Gasteiger partial charge on any atom is -0.506 e. The first-order valence-electron chi connectivity index (χ1n) is 15.4. The number of hydrogen-bond donors (Lipinski definition) is 2. The SMILES string of the molecule is CCc1ccc(C#Cc2cc(CC)c3c(c2O)C(=O)C2C(=O)[C@@]4(O)C(=O)C(C(C)=O)C(=O)C(C(C)C)[C@@]4(C)C[C@@]2(C)C3)cc1. The van der Waals surface area contributed by atoms with Gasteiger partial charge in [-0.15, -0.1) is 0 Å². The van der Waals surface area contributed by atoms with Crippen LogP contribution in [0.3, 0.4) is 0 Å². The van der Waals surface area contributed by atoms with Crippen molar-refractivity contribution < 1.29 is 34.2 Å². The fourth-order valence-corrected chi connectivity index (χ4v) is 8.65. The van der Waals surface area contributed by atoms with Crippen LogP contribution in [0.2, 0.25) is 0 Å². The average Bonchev–Trinajstić information content (AvgIpc) is 2.94. The molecule has 0 saturated heterocycles. The normalized spacial score (nSPS) is 31.2. The van der Waals surface area contributed by atoms with E-state index in [1.807, 2.05) is 31.2 Å². The lowest BCUT2D eigenvalue weighted by Crippen LogP contribution is -2.76. The van der Waals surface area contributed by atoms with Crippen LogP contribution in [0.15, 0.2) is 30.3 Å². The van der Waals surface area contributed by atoms with Crippen LogP contribution in [0.25, 0.3) is 0 Å². The number of hydrogen-bond acceptors (Lipinski definition) is 7. The number of aliphatic hydroxyl groups is 1. The number of benzene rings is 2. The first-order chi connectivity index (χ1) is 20.6. The summed E-state index contributed by atoms with van der Waals surface area (Å²) in [6, 6.07) is 9.52. The molecule has 2 fully saturated rings. The Hall–Kier alpha value is -3.89. The molecule has 0 aliphatic heterocycles. The van der Waals surface area contributed by atoms with Gasteiger partial charge in [0.25, 0.3) is 0 Å². The highest BCUT2D eigenvalue weighted by molar-refractivity contribution is 6.32. The summed E-state index contributed by atoms with van der Waals surface area (Å²) in [6.45, 7) is 12.0. The number of aromatic hydroxyl groups is 1. The molecule has 3 aliphatic rings. The number of carbonyl (C=O) groups is 5. The van der Waals surface area contributed by atoms with Gasteiger partial charge < -0.3 is 10.2 Å². The molecule has 44 heavy (non-hydrogen) atoms. The second-order valence-electron chi connectivity index (χ2n) is 13.8. The monoisotopic (exact) mass is 596 g/mol. The van der Waals surface area contributed by atoms with Crippen LogP contribution in [-0.2, 0) is 38.4 Å². The van der Waals surface area contributed by atoms with Crippen molar-refractivity contribution in [1.82, 2.24) is 0 Å². The fourth-order valence-electron chi connectivity index (χ4n) is 8.65. The molecule has 2 aromatic rings. The van der Waals surface area contributed by atoms with E-state index in [1.54, 1.807) is 33.8 Å². The summed E-state index contributed by atoms with van der Waals surface area (Å²) in [6.07, 6.45) is 1.69. The van der Waals surface area contributed by atoms with Crippen molar-refractivity contribution in [2.45, 2.75) is 79.8 Å². The van der Waals surface area contributed by atoms with Crippen molar-refractivity contribution in [3.05, 3.63) is 63.7 Å². The molecule has 0 radical (unpaired) electrons. The lowest BCUT2D eigenvalue weighted by atomic mass is 9.39. The molecule has 5 rings (SSSR count). The highest BCUT2D eigenvalue weighted by Gasteiger charge is 2.76. The number of aryl methyl sites for hydroxylation is 2. The van der Waals surface area contributed by atoms with Crippen LogP contribution < -0.4 is 0 Å². The summed E-state index contributed by atoms with van der Waals surface area (Å²) in [5, 5.41) is 23.7. The molecule has 0 aromatic heterocycles. The van der Waals surface area contributed by atoms with Crippen molar-refractivity contribution in [2.75, 3.05) is 0 Å². The molecule has 0 spiro atoms. The van der Waals surface area contributed by atoms with Crippen LogP contribution in [0.4, 0.5) is 0 Å². The molecule has 7 heteroatoms. The molecular formula is C37H40O7. The van der Waals surface area contributed by atoms with E-state index in [0.29, 0.717) is 12.0 Å². The minimum absolute atomic E-state index is 0.0131. The Balaban J connectivity index is 1.68. The lowest BCUT2D eigenvalue weighted by Gasteiger charge is -2.62. The van der Waals surface area contributed by atoms with E-state index in [1.165, 1.54) is 5.56 Å². The Morgan fingerprint density at radius 2 is 1.64 bits per heavy atom. The molecule has 0 bridgehead atoms. The maximum Gasteiger partial charge on any atom is 0.190 e. The van der Waals surface area contributed by atoms with Gasteiger partial charge in [0, 0.05) is 16.9 Å². The van der Waals surface area contributed by atoms with Gasteiger partial charge in [-0.05, 0) is 78.8 Å². The fraction of sp³-hybridized carbons (Fsp3) is 0.486. The average molecular weight is 597 g/mol. The smallest absolute Gasteiger partial charge is 0.190 e. The first-order valence-corrected chi connectivity index (χ1v) is 15.4. The van der Waals surface area contributed by atoms with E-state index < -0.39 is 63.1 Å². The third-order valence-corrected chi connectivity index (χ3v) is 10.6. The van der Waals surface area contributed by atoms with Gasteiger partial charge in [-0.25, -0.2) is 0 Å². The molecule has 2 saturated carbocycles. The summed E-state index contributed by atoms with van der Waals surface area (Å²) >= 11 is 0. The van der Waals surface area contributed by atoms with Gasteiger partial charge >= 0.3 is 0 Å². The van der Waals surface area contributed by atoms with E-state index in [-0.39, 0.29) is 35.6 Å². The van der Waals surface area contributed by atoms with Crippen LogP contribution >= 0.6 is 0 Å². The van der Waals surface area contributed by atoms with Crippen molar-refractivity contribution in [2.24, 2.45) is 34.5 Å². The molecule has 3 unspecified atom stereocenters. The minimum atomic E-state index is -2.71. The molecule has 0 heterocycles. The predicted molar refractivity (Wildman–Crippen MR) is 164 cm³/mol. The lowest BCUT2D eigenvalue weighted by molar-refractivity contribution is -0.205. The van der Waals surface area contributed by atoms with Gasteiger partial charge in [-0.3, -0.25) is 24.0 Å². The Kier molecular flexibility index (Phi) is 7.62.